The monoisotopic (exact) mass is 421 g/mol. The number of aryl methyl sites for hydroxylation is 2. The third-order valence-corrected chi connectivity index (χ3v) is 7.28. The molecule has 0 spiro atoms. The number of benzene rings is 1. The van der Waals surface area contributed by atoms with Crippen LogP contribution in [0.4, 0.5) is 5.13 Å². The lowest BCUT2D eigenvalue weighted by molar-refractivity contribution is -0.120. The van der Waals surface area contributed by atoms with E-state index >= 15 is 0 Å². The van der Waals surface area contributed by atoms with Crippen LogP contribution in [-0.2, 0) is 21.2 Å². The molecule has 1 N–H and O–H groups in total. The Morgan fingerprint density at radius 1 is 1.25 bits per heavy atom. The van der Waals surface area contributed by atoms with Crippen molar-refractivity contribution < 1.29 is 13.2 Å². The van der Waals surface area contributed by atoms with Crippen LogP contribution in [0.1, 0.15) is 36.6 Å². The molecule has 0 radical (unpaired) electrons. The SMILES string of the molecule is CCCc1ccc(-c2nc(NC(=O)C3CCN(S(C)(=O)=O)CC3)sc2C)cc1. The highest BCUT2D eigenvalue weighted by atomic mass is 32.2. The number of hydrogen-bond donors (Lipinski definition) is 1. The van der Waals surface area contributed by atoms with Gasteiger partial charge in [0.2, 0.25) is 15.9 Å². The third kappa shape index (κ3) is 4.98. The Balaban J connectivity index is 1.64. The van der Waals surface area contributed by atoms with Crippen LogP contribution in [-0.4, -0.2) is 43.0 Å². The maximum absolute atomic E-state index is 12.6. The standard InChI is InChI=1S/C20H27N3O3S2/c1-4-5-15-6-8-16(9-7-15)18-14(2)27-20(21-18)22-19(24)17-10-12-23(13-11-17)28(3,25)26/h6-9,17H,4-5,10-13H2,1-3H3,(H,21,22,24). The fourth-order valence-electron chi connectivity index (χ4n) is 3.49. The van der Waals surface area contributed by atoms with Crippen LogP contribution in [0.15, 0.2) is 24.3 Å². The molecular formula is C20H27N3O3S2. The summed E-state index contributed by atoms with van der Waals surface area (Å²) in [5.41, 5.74) is 3.26. The van der Waals surface area contributed by atoms with Gasteiger partial charge in [-0.1, -0.05) is 37.6 Å². The minimum Gasteiger partial charge on any atom is -0.302 e. The van der Waals surface area contributed by atoms with E-state index in [0.29, 0.717) is 31.1 Å². The second kappa shape index (κ2) is 8.71. The van der Waals surface area contributed by atoms with E-state index in [1.54, 1.807) is 0 Å². The normalized spacial score (nSPS) is 16.2. The molecule has 6 nitrogen and oxygen atoms in total. The first-order valence-corrected chi connectivity index (χ1v) is 12.3. The van der Waals surface area contributed by atoms with Gasteiger partial charge < -0.3 is 5.32 Å². The minimum atomic E-state index is -3.18. The van der Waals surface area contributed by atoms with Crippen molar-refractivity contribution in [3.05, 3.63) is 34.7 Å². The summed E-state index contributed by atoms with van der Waals surface area (Å²) in [6.07, 6.45) is 4.47. The zero-order chi connectivity index (χ0) is 20.3. The molecule has 2 aromatic rings. The minimum absolute atomic E-state index is 0.0771. The molecule has 152 valence electrons. The van der Waals surface area contributed by atoms with Gasteiger partial charge in [0.15, 0.2) is 5.13 Å². The van der Waals surface area contributed by atoms with Crippen LogP contribution in [0.5, 0.6) is 0 Å². The quantitative estimate of drug-likeness (QED) is 0.772. The molecule has 0 saturated carbocycles. The van der Waals surface area contributed by atoms with Crippen LogP contribution in [0.3, 0.4) is 0 Å². The van der Waals surface area contributed by atoms with Crippen molar-refractivity contribution in [2.75, 3.05) is 24.7 Å². The first kappa shape index (κ1) is 21.0. The highest BCUT2D eigenvalue weighted by Gasteiger charge is 2.29. The smallest absolute Gasteiger partial charge is 0.229 e. The molecule has 3 rings (SSSR count). The van der Waals surface area contributed by atoms with Gasteiger partial charge in [-0.05, 0) is 31.7 Å². The highest BCUT2D eigenvalue weighted by Crippen LogP contribution is 2.31. The maximum Gasteiger partial charge on any atom is 0.229 e. The Bertz CT molecular complexity index is 928. The predicted octanol–water partition coefficient (Wildman–Crippen LogP) is 3.68. The number of rotatable bonds is 6. The number of aromatic nitrogens is 1. The van der Waals surface area contributed by atoms with Gasteiger partial charge >= 0.3 is 0 Å². The number of thiazole rings is 1. The zero-order valence-corrected chi connectivity index (χ0v) is 18.2. The fourth-order valence-corrected chi connectivity index (χ4v) is 5.21. The number of amides is 1. The van der Waals surface area contributed by atoms with Gasteiger partial charge in [-0.2, -0.15) is 0 Å². The van der Waals surface area contributed by atoms with Crippen molar-refractivity contribution in [3.63, 3.8) is 0 Å². The summed E-state index contributed by atoms with van der Waals surface area (Å²) in [7, 11) is -3.18. The molecule has 1 amide bonds. The van der Waals surface area contributed by atoms with E-state index in [1.807, 2.05) is 6.92 Å². The van der Waals surface area contributed by atoms with Crippen molar-refractivity contribution in [2.24, 2.45) is 5.92 Å². The number of nitrogens with one attached hydrogen (secondary N) is 1. The molecule has 2 heterocycles. The van der Waals surface area contributed by atoms with E-state index < -0.39 is 10.0 Å². The lowest BCUT2D eigenvalue weighted by Gasteiger charge is -2.29. The van der Waals surface area contributed by atoms with Crippen molar-refractivity contribution in [3.8, 4) is 11.3 Å². The summed E-state index contributed by atoms with van der Waals surface area (Å²) in [6.45, 7) is 4.96. The molecule has 0 bridgehead atoms. The fraction of sp³-hybridized carbons (Fsp3) is 0.500. The number of piperidine rings is 1. The van der Waals surface area contributed by atoms with Gasteiger partial charge in [0.1, 0.15) is 0 Å². The Morgan fingerprint density at radius 2 is 1.89 bits per heavy atom. The van der Waals surface area contributed by atoms with Crippen LogP contribution in [0, 0.1) is 12.8 Å². The lowest BCUT2D eigenvalue weighted by Crippen LogP contribution is -2.40. The molecule has 8 heteroatoms. The van der Waals surface area contributed by atoms with Gasteiger partial charge in [-0.25, -0.2) is 17.7 Å². The lowest BCUT2D eigenvalue weighted by atomic mass is 9.97. The van der Waals surface area contributed by atoms with Crippen molar-refractivity contribution in [2.45, 2.75) is 39.5 Å². The van der Waals surface area contributed by atoms with E-state index in [0.717, 1.165) is 29.0 Å². The second-order valence-electron chi connectivity index (χ2n) is 7.30. The number of nitrogens with zero attached hydrogens (tertiary/aromatic N) is 2. The van der Waals surface area contributed by atoms with Crippen molar-refractivity contribution in [1.29, 1.82) is 0 Å². The van der Waals surface area contributed by atoms with Gasteiger partial charge in [-0.15, -0.1) is 11.3 Å². The Morgan fingerprint density at radius 3 is 2.46 bits per heavy atom. The molecule has 1 fully saturated rings. The number of carbonyl (C=O) groups is 1. The van der Waals surface area contributed by atoms with Gasteiger partial charge in [0.25, 0.3) is 0 Å². The largest absolute Gasteiger partial charge is 0.302 e. The Hall–Kier alpha value is -1.77. The zero-order valence-electron chi connectivity index (χ0n) is 16.6. The van der Waals surface area contributed by atoms with Gasteiger partial charge in [0, 0.05) is 29.4 Å². The number of sulfonamides is 1. The molecule has 28 heavy (non-hydrogen) atoms. The summed E-state index contributed by atoms with van der Waals surface area (Å²) in [4.78, 5) is 18.3. The molecule has 1 aliphatic rings. The van der Waals surface area contributed by atoms with Crippen LogP contribution in [0.25, 0.3) is 11.3 Å². The first-order valence-electron chi connectivity index (χ1n) is 9.60. The molecule has 0 atom stereocenters. The number of anilines is 1. The van der Waals surface area contributed by atoms with Crippen LogP contribution < -0.4 is 5.32 Å². The Labute approximate surface area is 171 Å². The predicted molar refractivity (Wildman–Crippen MR) is 114 cm³/mol. The summed E-state index contributed by atoms with van der Waals surface area (Å²) < 4.78 is 24.6. The molecule has 1 aromatic heterocycles. The molecule has 1 saturated heterocycles. The summed E-state index contributed by atoms with van der Waals surface area (Å²) in [6, 6.07) is 8.43. The van der Waals surface area contributed by atoms with Gasteiger partial charge in [0.05, 0.1) is 11.9 Å². The summed E-state index contributed by atoms with van der Waals surface area (Å²) in [5.74, 6) is -0.259. The summed E-state index contributed by atoms with van der Waals surface area (Å²) in [5, 5.41) is 3.53. The average Bonchev–Trinajstić information content (AvgIpc) is 3.02. The van der Waals surface area contributed by atoms with E-state index in [1.165, 1.54) is 27.5 Å². The van der Waals surface area contributed by atoms with Gasteiger partial charge in [-0.3, -0.25) is 4.79 Å². The number of hydrogen-bond acceptors (Lipinski definition) is 5. The molecule has 1 aliphatic heterocycles. The third-order valence-electron chi connectivity index (χ3n) is 5.09. The first-order chi connectivity index (χ1) is 13.3. The second-order valence-corrected chi connectivity index (χ2v) is 10.5. The molecular weight excluding hydrogens is 394 g/mol. The van der Waals surface area contributed by atoms with E-state index in [4.69, 9.17) is 0 Å². The summed E-state index contributed by atoms with van der Waals surface area (Å²) >= 11 is 1.47. The van der Waals surface area contributed by atoms with Crippen LogP contribution >= 0.6 is 11.3 Å². The Kier molecular flexibility index (Phi) is 6.52. The highest BCUT2D eigenvalue weighted by molar-refractivity contribution is 7.88. The molecule has 0 aliphatic carbocycles. The van der Waals surface area contributed by atoms with Crippen molar-refractivity contribution in [1.82, 2.24) is 9.29 Å². The van der Waals surface area contributed by atoms with E-state index in [-0.39, 0.29) is 11.8 Å². The number of carbonyl (C=O) groups excluding carboxylic acids is 1. The molecule has 1 aromatic carbocycles. The average molecular weight is 422 g/mol. The maximum atomic E-state index is 12.6. The van der Waals surface area contributed by atoms with Crippen molar-refractivity contribution >= 4 is 32.4 Å². The topological polar surface area (TPSA) is 79.4 Å². The molecule has 0 unspecified atom stereocenters. The van der Waals surface area contributed by atoms with E-state index in [2.05, 4.69) is 41.5 Å². The van der Waals surface area contributed by atoms with E-state index in [9.17, 15) is 13.2 Å². The van der Waals surface area contributed by atoms with Crippen LogP contribution in [0.2, 0.25) is 0 Å².